The van der Waals surface area contributed by atoms with Crippen molar-refractivity contribution in [2.45, 2.75) is 6.10 Å². The molecular formula is C22H22FN3O5. The summed E-state index contributed by atoms with van der Waals surface area (Å²) in [6, 6.07) is 4.56. The summed E-state index contributed by atoms with van der Waals surface area (Å²) in [5.41, 5.74) is 1.13. The van der Waals surface area contributed by atoms with E-state index in [-0.39, 0.29) is 24.2 Å². The summed E-state index contributed by atoms with van der Waals surface area (Å²) in [4.78, 5) is 41.5. The molecule has 162 valence electrons. The molecule has 1 atom stereocenters. The molecule has 3 aliphatic heterocycles. The summed E-state index contributed by atoms with van der Waals surface area (Å²) in [6.45, 7) is 9.35. The summed E-state index contributed by atoms with van der Waals surface area (Å²) in [5, 5.41) is 0. The predicted molar refractivity (Wildman–Crippen MR) is 111 cm³/mol. The van der Waals surface area contributed by atoms with Crippen molar-refractivity contribution in [2.75, 3.05) is 49.2 Å². The van der Waals surface area contributed by atoms with Gasteiger partial charge in [0.05, 0.1) is 48.8 Å². The zero-order chi connectivity index (χ0) is 22.1. The first-order valence-corrected chi connectivity index (χ1v) is 9.90. The highest BCUT2D eigenvalue weighted by Gasteiger charge is 2.41. The van der Waals surface area contributed by atoms with Gasteiger partial charge in [-0.05, 0) is 18.2 Å². The molecule has 0 N–H and O–H groups in total. The fourth-order valence-electron chi connectivity index (χ4n) is 3.93. The number of amides is 3. The monoisotopic (exact) mass is 427 g/mol. The van der Waals surface area contributed by atoms with Crippen LogP contribution in [0, 0.1) is 5.82 Å². The zero-order valence-corrected chi connectivity index (χ0v) is 16.9. The fourth-order valence-corrected chi connectivity index (χ4v) is 3.93. The van der Waals surface area contributed by atoms with E-state index in [0.717, 1.165) is 4.90 Å². The molecule has 0 spiro atoms. The van der Waals surface area contributed by atoms with Crippen molar-refractivity contribution in [3.8, 4) is 0 Å². The van der Waals surface area contributed by atoms with Crippen molar-refractivity contribution in [3.05, 3.63) is 60.5 Å². The first-order valence-electron chi connectivity index (χ1n) is 9.90. The third-order valence-electron chi connectivity index (χ3n) is 5.50. The lowest BCUT2D eigenvalue weighted by Crippen LogP contribution is -2.39. The molecule has 2 saturated heterocycles. The number of anilines is 2. The molecule has 0 unspecified atom stereocenters. The quantitative estimate of drug-likeness (QED) is 0.647. The molecule has 31 heavy (non-hydrogen) atoms. The molecule has 3 heterocycles. The van der Waals surface area contributed by atoms with E-state index in [1.54, 1.807) is 12.1 Å². The zero-order valence-electron chi connectivity index (χ0n) is 16.9. The van der Waals surface area contributed by atoms with Crippen LogP contribution in [0.5, 0.6) is 0 Å². The number of nitrogens with zero attached hydrogens (tertiary/aromatic N) is 3. The summed E-state index contributed by atoms with van der Waals surface area (Å²) in [5.74, 6) is -1.47. The number of cyclic esters (lactones) is 1. The maximum absolute atomic E-state index is 14.7. The number of halogens is 1. The van der Waals surface area contributed by atoms with Crippen molar-refractivity contribution < 1.29 is 28.2 Å². The van der Waals surface area contributed by atoms with Crippen LogP contribution in [0.1, 0.15) is 0 Å². The number of carbonyl (C=O) groups excluding carboxylic acids is 3. The van der Waals surface area contributed by atoms with E-state index in [1.807, 2.05) is 4.90 Å². The fraction of sp³-hybridized carbons (Fsp3) is 0.318. The van der Waals surface area contributed by atoms with Crippen molar-refractivity contribution >= 4 is 29.3 Å². The van der Waals surface area contributed by atoms with Crippen molar-refractivity contribution in [1.29, 1.82) is 0 Å². The van der Waals surface area contributed by atoms with Gasteiger partial charge < -0.3 is 14.4 Å². The average molecular weight is 427 g/mol. The van der Waals surface area contributed by atoms with Crippen LogP contribution in [-0.4, -0.2) is 68.3 Å². The Balaban J connectivity index is 1.46. The SMILES string of the molecule is C=CC1=C(C=C)C(=O)N(C[C@H]2CN(c3ccc(N4CCOCC4)c(F)c3)C(=O)O2)C1=O. The van der Waals surface area contributed by atoms with Gasteiger partial charge in [0.25, 0.3) is 11.8 Å². The van der Waals surface area contributed by atoms with Crippen molar-refractivity contribution in [2.24, 2.45) is 0 Å². The molecule has 3 aliphatic rings. The highest BCUT2D eigenvalue weighted by molar-refractivity contribution is 6.21. The Morgan fingerprint density at radius 2 is 1.71 bits per heavy atom. The molecule has 4 rings (SSSR count). The smallest absolute Gasteiger partial charge is 0.414 e. The Labute approximate surface area is 178 Å². The van der Waals surface area contributed by atoms with Gasteiger partial charge in [0.2, 0.25) is 0 Å². The summed E-state index contributed by atoms with van der Waals surface area (Å²) < 4.78 is 25.3. The van der Waals surface area contributed by atoms with Gasteiger partial charge in [-0.25, -0.2) is 9.18 Å². The molecule has 3 amide bonds. The molecule has 0 aromatic heterocycles. The maximum atomic E-state index is 14.7. The Bertz CT molecular complexity index is 969. The Hall–Kier alpha value is -3.46. The molecule has 9 heteroatoms. The van der Waals surface area contributed by atoms with E-state index < -0.39 is 29.8 Å². The Morgan fingerprint density at radius 3 is 2.29 bits per heavy atom. The molecule has 0 radical (unpaired) electrons. The summed E-state index contributed by atoms with van der Waals surface area (Å²) >= 11 is 0. The number of hydrogen-bond donors (Lipinski definition) is 0. The topological polar surface area (TPSA) is 79.4 Å². The van der Waals surface area contributed by atoms with Crippen LogP contribution >= 0.6 is 0 Å². The van der Waals surface area contributed by atoms with Gasteiger partial charge in [-0.2, -0.15) is 0 Å². The summed E-state index contributed by atoms with van der Waals surface area (Å²) in [7, 11) is 0. The van der Waals surface area contributed by atoms with Crippen LogP contribution < -0.4 is 9.80 Å². The second-order valence-corrected chi connectivity index (χ2v) is 7.31. The van der Waals surface area contributed by atoms with E-state index in [1.165, 1.54) is 23.1 Å². The van der Waals surface area contributed by atoms with Crippen LogP contribution in [0.4, 0.5) is 20.6 Å². The Morgan fingerprint density at radius 1 is 1.06 bits per heavy atom. The molecule has 1 aromatic rings. The van der Waals surface area contributed by atoms with E-state index in [9.17, 15) is 18.8 Å². The van der Waals surface area contributed by atoms with Crippen molar-refractivity contribution in [3.63, 3.8) is 0 Å². The number of morpholine rings is 1. The maximum Gasteiger partial charge on any atom is 0.414 e. The molecule has 0 bridgehead atoms. The van der Waals surface area contributed by atoms with Gasteiger partial charge in [-0.15, -0.1) is 0 Å². The molecule has 2 fully saturated rings. The minimum atomic E-state index is -0.738. The van der Waals surface area contributed by atoms with Gasteiger partial charge in [0.1, 0.15) is 11.9 Å². The standard InChI is InChI=1S/C22H22FN3O5/c1-3-16-17(4-2)21(28)26(20(16)27)13-15-12-25(22(29)31-15)14-5-6-19(18(23)11-14)24-7-9-30-10-8-24/h3-6,11,15H,1-2,7-10,12-13H2/t15-/m1/s1. The third kappa shape index (κ3) is 3.72. The van der Waals surface area contributed by atoms with E-state index in [2.05, 4.69) is 13.2 Å². The van der Waals surface area contributed by atoms with Gasteiger partial charge >= 0.3 is 6.09 Å². The van der Waals surface area contributed by atoms with Crippen LogP contribution in [-0.2, 0) is 19.1 Å². The van der Waals surface area contributed by atoms with Crippen LogP contribution in [0.15, 0.2) is 54.7 Å². The normalized spacial score (nSPS) is 21.8. The van der Waals surface area contributed by atoms with Gasteiger partial charge in [-0.3, -0.25) is 19.4 Å². The van der Waals surface area contributed by atoms with Gasteiger partial charge in [0.15, 0.2) is 0 Å². The lowest BCUT2D eigenvalue weighted by Gasteiger charge is -2.29. The molecule has 0 saturated carbocycles. The van der Waals surface area contributed by atoms with E-state index in [0.29, 0.717) is 37.7 Å². The molecule has 8 nitrogen and oxygen atoms in total. The highest BCUT2D eigenvalue weighted by atomic mass is 19.1. The molecule has 0 aliphatic carbocycles. The lowest BCUT2D eigenvalue weighted by atomic mass is 10.1. The number of carbonyl (C=O) groups is 3. The van der Waals surface area contributed by atoms with Crippen LogP contribution in [0.25, 0.3) is 0 Å². The summed E-state index contributed by atoms with van der Waals surface area (Å²) in [6.07, 6.45) is 1.22. The largest absolute Gasteiger partial charge is 0.442 e. The molecule has 1 aromatic carbocycles. The third-order valence-corrected chi connectivity index (χ3v) is 5.50. The van der Waals surface area contributed by atoms with Gasteiger partial charge in [-0.1, -0.05) is 25.3 Å². The second-order valence-electron chi connectivity index (χ2n) is 7.31. The van der Waals surface area contributed by atoms with E-state index in [4.69, 9.17) is 9.47 Å². The minimum Gasteiger partial charge on any atom is -0.442 e. The number of rotatable bonds is 6. The lowest BCUT2D eigenvalue weighted by molar-refractivity contribution is -0.138. The van der Waals surface area contributed by atoms with E-state index >= 15 is 0 Å². The first kappa shape index (κ1) is 20.8. The van der Waals surface area contributed by atoms with Crippen molar-refractivity contribution in [1.82, 2.24) is 4.90 Å². The minimum absolute atomic E-state index is 0.0824. The number of benzene rings is 1. The number of imide groups is 1. The average Bonchev–Trinajstić information content (AvgIpc) is 3.25. The van der Waals surface area contributed by atoms with Gasteiger partial charge in [0, 0.05) is 13.1 Å². The number of ether oxygens (including phenoxy) is 2. The highest BCUT2D eigenvalue weighted by Crippen LogP contribution is 2.29. The van der Waals surface area contributed by atoms with Crippen LogP contribution in [0.3, 0.4) is 0 Å². The molecular weight excluding hydrogens is 405 g/mol. The first-order chi connectivity index (χ1) is 14.9. The Kier molecular flexibility index (Phi) is 5.60. The number of hydrogen-bond acceptors (Lipinski definition) is 6. The van der Waals surface area contributed by atoms with Crippen LogP contribution in [0.2, 0.25) is 0 Å². The second kappa shape index (κ2) is 8.35. The predicted octanol–water partition coefficient (Wildman–Crippen LogP) is 2.02.